The Morgan fingerprint density at radius 3 is 2.92 bits per heavy atom. The van der Waals surface area contributed by atoms with E-state index in [4.69, 9.17) is 11.6 Å². The first-order chi connectivity index (χ1) is 12.5. The molecule has 4 rings (SSSR count). The zero-order valence-corrected chi connectivity index (χ0v) is 16.1. The molecule has 1 atom stereocenters. The molecule has 7 heteroatoms. The molecule has 1 aliphatic heterocycles. The number of benzene rings is 1. The van der Waals surface area contributed by atoms with Gasteiger partial charge in [-0.15, -0.1) is 11.3 Å². The van der Waals surface area contributed by atoms with Crippen molar-refractivity contribution in [2.45, 2.75) is 39.0 Å². The lowest BCUT2D eigenvalue weighted by molar-refractivity contribution is -0.122. The van der Waals surface area contributed by atoms with Gasteiger partial charge in [0.2, 0.25) is 11.8 Å². The first-order valence-electron chi connectivity index (χ1n) is 8.87. The summed E-state index contributed by atoms with van der Waals surface area (Å²) in [6.45, 7) is 2.29. The SMILES string of the molecule is Cc1ccc(N2C[C@H](C(=O)Nc3nc4c(s3)CCCC4)CC2=O)cc1Cl. The van der Waals surface area contributed by atoms with Crippen LogP contribution < -0.4 is 10.2 Å². The summed E-state index contributed by atoms with van der Waals surface area (Å²) in [5, 5.41) is 4.20. The van der Waals surface area contributed by atoms with Crippen LogP contribution in [0, 0.1) is 12.8 Å². The van der Waals surface area contributed by atoms with Crippen molar-refractivity contribution >= 4 is 45.6 Å². The van der Waals surface area contributed by atoms with Gasteiger partial charge in [-0.1, -0.05) is 17.7 Å². The fourth-order valence-corrected chi connectivity index (χ4v) is 4.72. The highest BCUT2D eigenvalue weighted by molar-refractivity contribution is 7.15. The molecule has 1 N–H and O–H groups in total. The topological polar surface area (TPSA) is 62.3 Å². The Bertz CT molecular complexity index is 856. The highest BCUT2D eigenvalue weighted by Gasteiger charge is 2.35. The number of halogens is 1. The second kappa shape index (κ2) is 7.00. The van der Waals surface area contributed by atoms with Crippen molar-refractivity contribution in [1.29, 1.82) is 0 Å². The number of amides is 2. The number of thiazole rings is 1. The molecule has 0 spiro atoms. The maximum absolute atomic E-state index is 12.6. The fourth-order valence-electron chi connectivity index (χ4n) is 3.50. The van der Waals surface area contributed by atoms with Crippen molar-refractivity contribution in [1.82, 2.24) is 4.98 Å². The quantitative estimate of drug-likeness (QED) is 0.863. The van der Waals surface area contributed by atoms with E-state index >= 15 is 0 Å². The van der Waals surface area contributed by atoms with Crippen LogP contribution in [-0.4, -0.2) is 23.3 Å². The van der Waals surface area contributed by atoms with Crippen molar-refractivity contribution in [2.75, 3.05) is 16.8 Å². The molecule has 136 valence electrons. The normalized spacial score (nSPS) is 19.5. The van der Waals surface area contributed by atoms with E-state index in [1.54, 1.807) is 22.3 Å². The van der Waals surface area contributed by atoms with Gasteiger partial charge < -0.3 is 10.2 Å². The Morgan fingerprint density at radius 1 is 1.35 bits per heavy atom. The maximum Gasteiger partial charge on any atom is 0.231 e. The van der Waals surface area contributed by atoms with Gasteiger partial charge >= 0.3 is 0 Å². The van der Waals surface area contributed by atoms with Crippen LogP contribution in [0.15, 0.2) is 18.2 Å². The van der Waals surface area contributed by atoms with Crippen LogP contribution in [0.4, 0.5) is 10.8 Å². The van der Waals surface area contributed by atoms with E-state index in [0.29, 0.717) is 16.7 Å². The number of aryl methyl sites for hydroxylation is 3. The molecule has 5 nitrogen and oxygen atoms in total. The molecule has 2 aliphatic rings. The molecule has 26 heavy (non-hydrogen) atoms. The fraction of sp³-hybridized carbons (Fsp3) is 0.421. The minimum atomic E-state index is -0.372. The van der Waals surface area contributed by atoms with E-state index in [1.807, 2.05) is 19.1 Å². The Balaban J connectivity index is 1.45. The first-order valence-corrected chi connectivity index (χ1v) is 10.1. The molecule has 2 heterocycles. The molecule has 1 aromatic heterocycles. The minimum Gasteiger partial charge on any atom is -0.312 e. The highest BCUT2D eigenvalue weighted by Crippen LogP contribution is 2.32. The number of aromatic nitrogens is 1. The molecule has 0 saturated carbocycles. The van der Waals surface area contributed by atoms with Gasteiger partial charge in [-0.3, -0.25) is 9.59 Å². The van der Waals surface area contributed by atoms with E-state index in [1.165, 1.54) is 11.3 Å². The number of nitrogens with one attached hydrogen (secondary N) is 1. The summed E-state index contributed by atoms with van der Waals surface area (Å²) in [4.78, 5) is 32.5. The lowest BCUT2D eigenvalue weighted by Crippen LogP contribution is -2.28. The second-order valence-corrected chi connectivity index (χ2v) is 8.41. The van der Waals surface area contributed by atoms with Crippen LogP contribution in [0.5, 0.6) is 0 Å². The summed E-state index contributed by atoms with van der Waals surface area (Å²) in [5.74, 6) is -0.558. The number of fused-ring (bicyclic) bond motifs is 1. The van der Waals surface area contributed by atoms with E-state index in [9.17, 15) is 9.59 Å². The molecule has 0 radical (unpaired) electrons. The zero-order valence-electron chi connectivity index (χ0n) is 14.5. The Hall–Kier alpha value is -1.92. The number of rotatable bonds is 3. The van der Waals surface area contributed by atoms with Crippen molar-refractivity contribution in [3.8, 4) is 0 Å². The van der Waals surface area contributed by atoms with Gasteiger partial charge in [0.15, 0.2) is 5.13 Å². The van der Waals surface area contributed by atoms with E-state index in [-0.39, 0.29) is 24.2 Å². The van der Waals surface area contributed by atoms with Crippen molar-refractivity contribution in [2.24, 2.45) is 5.92 Å². The molecular weight excluding hydrogens is 370 g/mol. The van der Waals surface area contributed by atoms with E-state index in [0.717, 1.165) is 36.2 Å². The Labute approximate surface area is 161 Å². The van der Waals surface area contributed by atoms with Gasteiger partial charge in [0.25, 0.3) is 0 Å². The molecule has 1 aliphatic carbocycles. The Kier molecular flexibility index (Phi) is 4.71. The molecule has 1 aromatic carbocycles. The third-order valence-corrected chi connectivity index (χ3v) is 6.52. The third kappa shape index (κ3) is 3.35. The number of anilines is 2. The molecule has 1 fully saturated rings. The summed E-state index contributed by atoms with van der Waals surface area (Å²) in [6, 6.07) is 5.54. The summed E-state index contributed by atoms with van der Waals surface area (Å²) in [6.07, 6.45) is 4.60. The lowest BCUT2D eigenvalue weighted by Gasteiger charge is -2.17. The van der Waals surface area contributed by atoms with Crippen LogP contribution in [0.25, 0.3) is 0 Å². The minimum absolute atomic E-state index is 0.0523. The van der Waals surface area contributed by atoms with Gasteiger partial charge in [-0.05, 0) is 50.3 Å². The standard InChI is InChI=1S/C19H20ClN3O2S/c1-11-6-7-13(9-14(11)20)23-10-12(8-17(23)24)18(25)22-19-21-15-4-2-3-5-16(15)26-19/h6-7,9,12H,2-5,8,10H2,1H3,(H,21,22,25)/t12-/m1/s1. The molecule has 2 amide bonds. The van der Waals surface area contributed by atoms with Gasteiger partial charge in [-0.2, -0.15) is 0 Å². The van der Waals surface area contributed by atoms with Gasteiger partial charge in [0, 0.05) is 28.6 Å². The van der Waals surface area contributed by atoms with Crippen LogP contribution in [-0.2, 0) is 22.4 Å². The zero-order chi connectivity index (χ0) is 18.3. The smallest absolute Gasteiger partial charge is 0.231 e. The van der Waals surface area contributed by atoms with Crippen LogP contribution >= 0.6 is 22.9 Å². The Morgan fingerprint density at radius 2 is 2.15 bits per heavy atom. The van der Waals surface area contributed by atoms with Crippen LogP contribution in [0.3, 0.4) is 0 Å². The molecular formula is C19H20ClN3O2S. The van der Waals surface area contributed by atoms with Gasteiger partial charge in [0.05, 0.1) is 11.6 Å². The summed E-state index contributed by atoms with van der Waals surface area (Å²) in [5.41, 5.74) is 2.82. The number of carbonyl (C=O) groups excluding carboxylic acids is 2. The van der Waals surface area contributed by atoms with Crippen LogP contribution in [0.2, 0.25) is 5.02 Å². The van der Waals surface area contributed by atoms with E-state index in [2.05, 4.69) is 10.3 Å². The lowest BCUT2D eigenvalue weighted by atomic mass is 10.0. The summed E-state index contributed by atoms with van der Waals surface area (Å²) in [7, 11) is 0. The van der Waals surface area contributed by atoms with Crippen molar-refractivity contribution < 1.29 is 9.59 Å². The highest BCUT2D eigenvalue weighted by atomic mass is 35.5. The van der Waals surface area contributed by atoms with Gasteiger partial charge in [0.1, 0.15) is 0 Å². The van der Waals surface area contributed by atoms with Crippen molar-refractivity contribution in [3.05, 3.63) is 39.4 Å². The number of hydrogen-bond donors (Lipinski definition) is 1. The molecule has 1 saturated heterocycles. The molecule has 2 aromatic rings. The predicted molar refractivity (Wildman–Crippen MR) is 104 cm³/mol. The third-order valence-electron chi connectivity index (χ3n) is 5.04. The average molecular weight is 390 g/mol. The summed E-state index contributed by atoms with van der Waals surface area (Å²) < 4.78 is 0. The molecule has 0 bridgehead atoms. The monoisotopic (exact) mass is 389 g/mol. The summed E-state index contributed by atoms with van der Waals surface area (Å²) >= 11 is 7.74. The predicted octanol–water partition coefficient (Wildman–Crippen LogP) is 3.98. The van der Waals surface area contributed by atoms with Crippen molar-refractivity contribution in [3.63, 3.8) is 0 Å². The van der Waals surface area contributed by atoms with Gasteiger partial charge in [-0.25, -0.2) is 4.98 Å². The molecule has 0 unspecified atom stereocenters. The maximum atomic E-state index is 12.6. The van der Waals surface area contributed by atoms with E-state index < -0.39 is 0 Å². The second-order valence-electron chi connectivity index (χ2n) is 6.92. The van der Waals surface area contributed by atoms with Crippen LogP contribution in [0.1, 0.15) is 35.4 Å². The average Bonchev–Trinajstić information content (AvgIpc) is 3.20. The first kappa shape index (κ1) is 17.5. The number of hydrogen-bond acceptors (Lipinski definition) is 4. The number of carbonyl (C=O) groups is 2. The number of nitrogens with zero attached hydrogens (tertiary/aromatic N) is 2. The largest absolute Gasteiger partial charge is 0.312 e.